The topological polar surface area (TPSA) is 102 Å². The molecule has 13 heteroatoms. The van der Waals surface area contributed by atoms with Crippen molar-refractivity contribution >= 4 is 34.8 Å². The molecular formula is C21H22F3N7O2S. The summed E-state index contributed by atoms with van der Waals surface area (Å²) in [6, 6.07) is 2.47. The van der Waals surface area contributed by atoms with E-state index in [9.17, 15) is 18.0 Å². The van der Waals surface area contributed by atoms with Crippen molar-refractivity contribution in [2.45, 2.75) is 6.18 Å². The number of nitrogens with two attached hydrogens (primary N) is 1. The molecule has 0 radical (unpaired) electrons. The zero-order valence-corrected chi connectivity index (χ0v) is 18.9. The smallest absolute Gasteiger partial charge is 0.384 e. The number of carbonyl (C=O) groups is 1. The van der Waals surface area contributed by atoms with Gasteiger partial charge in [-0.2, -0.15) is 24.9 Å². The average molecular weight is 494 g/mol. The number of hydrogen-bond acceptors (Lipinski definition) is 8. The maximum atomic E-state index is 13.8. The van der Waals surface area contributed by atoms with E-state index in [1.807, 2.05) is 4.90 Å². The van der Waals surface area contributed by atoms with Crippen molar-refractivity contribution in [1.29, 1.82) is 0 Å². The van der Waals surface area contributed by atoms with Gasteiger partial charge < -0.3 is 20.3 Å². The van der Waals surface area contributed by atoms with E-state index in [-0.39, 0.29) is 23.1 Å². The Labute approximate surface area is 197 Å². The lowest BCUT2D eigenvalue weighted by molar-refractivity contribution is -0.137. The van der Waals surface area contributed by atoms with Crippen LogP contribution in [0.5, 0.6) is 0 Å². The molecule has 0 aliphatic carbocycles. The molecule has 0 saturated carbocycles. The Balaban J connectivity index is 1.65. The second-order valence-electron chi connectivity index (χ2n) is 7.97. The maximum Gasteiger partial charge on any atom is 0.417 e. The van der Waals surface area contributed by atoms with Gasteiger partial charge in [0.2, 0.25) is 0 Å². The Morgan fingerprint density at radius 2 is 1.85 bits per heavy atom. The standard InChI is InChI=1S/C21H22F3N7O2S/c22-21(23,24)15-10-17(25)26-11-14(15)18-27-19(29-1-5-33-6-2-29)16-9-13(12-31(16)28-18)20(32)30-3-7-34-8-4-30/h9-12H,1-8H2,(H2,25,26). The highest BCUT2D eigenvalue weighted by atomic mass is 32.2. The summed E-state index contributed by atoms with van der Waals surface area (Å²) < 4.78 is 48.2. The van der Waals surface area contributed by atoms with E-state index in [2.05, 4.69) is 15.1 Å². The van der Waals surface area contributed by atoms with E-state index in [0.29, 0.717) is 56.3 Å². The molecule has 5 rings (SSSR count). The van der Waals surface area contributed by atoms with E-state index < -0.39 is 11.7 Å². The molecule has 5 heterocycles. The van der Waals surface area contributed by atoms with Crippen LogP contribution >= 0.6 is 11.8 Å². The second-order valence-corrected chi connectivity index (χ2v) is 9.20. The van der Waals surface area contributed by atoms with Gasteiger partial charge in [0.05, 0.1) is 29.9 Å². The highest BCUT2D eigenvalue weighted by molar-refractivity contribution is 7.99. The fraction of sp³-hybridized carbons (Fsp3) is 0.429. The molecule has 0 aromatic carbocycles. The van der Waals surface area contributed by atoms with E-state index in [4.69, 9.17) is 10.5 Å². The zero-order valence-electron chi connectivity index (χ0n) is 18.1. The van der Waals surface area contributed by atoms with Gasteiger partial charge in [0.25, 0.3) is 5.91 Å². The molecule has 0 bridgehead atoms. The fourth-order valence-corrected chi connectivity index (χ4v) is 4.96. The predicted molar refractivity (Wildman–Crippen MR) is 122 cm³/mol. The number of amides is 1. The predicted octanol–water partition coefficient (Wildman–Crippen LogP) is 2.42. The quantitative estimate of drug-likeness (QED) is 0.594. The molecule has 2 aliphatic rings. The van der Waals surface area contributed by atoms with Crippen molar-refractivity contribution in [2.24, 2.45) is 0 Å². The number of nitrogen functional groups attached to an aromatic ring is 1. The first-order valence-corrected chi connectivity index (χ1v) is 11.9. The molecular weight excluding hydrogens is 471 g/mol. The van der Waals surface area contributed by atoms with Crippen LogP contribution in [0.15, 0.2) is 24.5 Å². The zero-order chi connectivity index (χ0) is 23.9. The van der Waals surface area contributed by atoms with E-state index >= 15 is 0 Å². The monoisotopic (exact) mass is 493 g/mol. The molecule has 1 amide bonds. The Bertz CT molecular complexity index is 1220. The van der Waals surface area contributed by atoms with Gasteiger partial charge in [0.1, 0.15) is 11.3 Å². The third-order valence-electron chi connectivity index (χ3n) is 5.77. The number of rotatable bonds is 3. The summed E-state index contributed by atoms with van der Waals surface area (Å²) in [6.45, 7) is 3.23. The number of thioether (sulfide) groups is 1. The van der Waals surface area contributed by atoms with Crippen LogP contribution in [0.4, 0.5) is 24.8 Å². The van der Waals surface area contributed by atoms with E-state index in [1.54, 1.807) is 28.9 Å². The van der Waals surface area contributed by atoms with Gasteiger partial charge in [-0.3, -0.25) is 4.79 Å². The van der Waals surface area contributed by atoms with Crippen molar-refractivity contribution in [1.82, 2.24) is 24.5 Å². The van der Waals surface area contributed by atoms with Crippen LogP contribution in [-0.4, -0.2) is 81.3 Å². The van der Waals surface area contributed by atoms with Crippen LogP contribution in [0.25, 0.3) is 16.9 Å². The van der Waals surface area contributed by atoms with Crippen molar-refractivity contribution in [2.75, 3.05) is 61.5 Å². The first-order chi connectivity index (χ1) is 16.3. The normalized spacial score (nSPS) is 17.4. The SMILES string of the molecule is Nc1cc(C(F)(F)F)c(-c2nc(N3CCOCC3)c3cc(C(=O)N4CCSCC4)cn3n2)cn1. The largest absolute Gasteiger partial charge is 0.417 e. The number of halogens is 3. The average Bonchev–Trinajstić information content (AvgIpc) is 3.28. The molecule has 0 atom stereocenters. The summed E-state index contributed by atoms with van der Waals surface area (Å²) in [5.41, 5.74) is 5.22. The number of pyridine rings is 1. The summed E-state index contributed by atoms with van der Waals surface area (Å²) in [6.07, 6.45) is -2.09. The van der Waals surface area contributed by atoms with Gasteiger partial charge in [-0.15, -0.1) is 5.10 Å². The number of ether oxygens (including phenoxy) is 1. The van der Waals surface area contributed by atoms with Crippen molar-refractivity contribution in [3.63, 3.8) is 0 Å². The van der Waals surface area contributed by atoms with Gasteiger partial charge in [0.15, 0.2) is 11.6 Å². The van der Waals surface area contributed by atoms with Gasteiger partial charge in [-0.25, -0.2) is 14.5 Å². The van der Waals surface area contributed by atoms with Crippen LogP contribution in [0, 0.1) is 0 Å². The molecule has 9 nitrogen and oxygen atoms in total. The Kier molecular flexibility index (Phi) is 5.98. The highest BCUT2D eigenvalue weighted by Gasteiger charge is 2.36. The Morgan fingerprint density at radius 1 is 1.12 bits per heavy atom. The van der Waals surface area contributed by atoms with Gasteiger partial charge in [-0.1, -0.05) is 0 Å². The van der Waals surface area contributed by atoms with Crippen molar-refractivity contribution in [3.8, 4) is 11.4 Å². The first-order valence-electron chi connectivity index (χ1n) is 10.7. The van der Waals surface area contributed by atoms with Gasteiger partial charge >= 0.3 is 6.18 Å². The summed E-state index contributed by atoms with van der Waals surface area (Å²) in [7, 11) is 0. The molecule has 0 unspecified atom stereocenters. The first kappa shape index (κ1) is 22.7. The number of nitrogens with zero attached hydrogens (tertiary/aromatic N) is 6. The number of morpholine rings is 1. The summed E-state index contributed by atoms with van der Waals surface area (Å²) >= 11 is 1.79. The summed E-state index contributed by atoms with van der Waals surface area (Å²) in [5, 5.41) is 4.34. The molecule has 2 saturated heterocycles. The lowest BCUT2D eigenvalue weighted by atomic mass is 10.1. The third kappa shape index (κ3) is 4.37. The van der Waals surface area contributed by atoms with Crippen LogP contribution in [0.2, 0.25) is 0 Å². The van der Waals surface area contributed by atoms with Crippen molar-refractivity contribution in [3.05, 3.63) is 35.7 Å². The van der Waals surface area contributed by atoms with Crippen molar-refractivity contribution < 1.29 is 22.7 Å². The number of hydrogen-bond donors (Lipinski definition) is 1. The lowest BCUT2D eigenvalue weighted by Crippen LogP contribution is -2.37. The van der Waals surface area contributed by atoms with Crippen LogP contribution in [-0.2, 0) is 10.9 Å². The minimum Gasteiger partial charge on any atom is -0.384 e. The second kappa shape index (κ2) is 8.95. The van der Waals surface area contributed by atoms with Crippen LogP contribution < -0.4 is 10.6 Å². The number of alkyl halides is 3. The molecule has 2 N–H and O–H groups in total. The van der Waals surface area contributed by atoms with E-state index in [0.717, 1.165) is 23.8 Å². The molecule has 2 fully saturated rings. The minimum absolute atomic E-state index is 0.134. The fourth-order valence-electron chi connectivity index (χ4n) is 4.06. The summed E-state index contributed by atoms with van der Waals surface area (Å²) in [5.74, 6) is 1.63. The van der Waals surface area contributed by atoms with Gasteiger partial charge in [0, 0.05) is 50.1 Å². The number of carbonyl (C=O) groups excluding carboxylic acids is 1. The Morgan fingerprint density at radius 3 is 2.56 bits per heavy atom. The number of aromatic nitrogens is 4. The Hall–Kier alpha value is -3.06. The number of fused-ring (bicyclic) bond motifs is 1. The third-order valence-corrected chi connectivity index (χ3v) is 6.71. The molecule has 34 heavy (non-hydrogen) atoms. The van der Waals surface area contributed by atoms with Gasteiger partial charge in [-0.05, 0) is 12.1 Å². The van der Waals surface area contributed by atoms with Crippen LogP contribution in [0.3, 0.4) is 0 Å². The van der Waals surface area contributed by atoms with Crippen LogP contribution in [0.1, 0.15) is 15.9 Å². The molecule has 180 valence electrons. The summed E-state index contributed by atoms with van der Waals surface area (Å²) in [4.78, 5) is 25.1. The molecule has 3 aromatic heterocycles. The highest BCUT2D eigenvalue weighted by Crippen LogP contribution is 2.37. The van der Waals surface area contributed by atoms with E-state index in [1.165, 1.54) is 4.52 Å². The number of anilines is 2. The molecule has 0 spiro atoms. The lowest BCUT2D eigenvalue weighted by Gasteiger charge is -2.28. The maximum absolute atomic E-state index is 13.8. The minimum atomic E-state index is -4.67. The molecule has 2 aliphatic heterocycles. The molecule has 3 aromatic rings.